The summed E-state index contributed by atoms with van der Waals surface area (Å²) in [7, 11) is 6.04. The first kappa shape index (κ1) is 9.64. The van der Waals surface area contributed by atoms with Gasteiger partial charge in [0.1, 0.15) is 5.01 Å². The van der Waals surface area contributed by atoms with Crippen LogP contribution in [0.15, 0.2) is 5.38 Å². The molecule has 0 amide bonds. The highest BCUT2D eigenvalue weighted by molar-refractivity contribution is 7.09. The zero-order valence-electron chi connectivity index (χ0n) is 7.79. The van der Waals surface area contributed by atoms with E-state index >= 15 is 0 Å². The van der Waals surface area contributed by atoms with E-state index < -0.39 is 0 Å². The van der Waals surface area contributed by atoms with Gasteiger partial charge in [-0.1, -0.05) is 0 Å². The van der Waals surface area contributed by atoms with Gasteiger partial charge in [0.2, 0.25) is 0 Å². The Balaban J connectivity index is 2.52. The Morgan fingerprint density at radius 1 is 1.58 bits per heavy atom. The summed E-state index contributed by atoms with van der Waals surface area (Å²) in [6, 6.07) is 0. The van der Waals surface area contributed by atoms with Crippen molar-refractivity contribution in [3.05, 3.63) is 16.1 Å². The van der Waals surface area contributed by atoms with Crippen LogP contribution in [0, 0.1) is 0 Å². The van der Waals surface area contributed by atoms with Crippen molar-refractivity contribution < 1.29 is 0 Å². The summed E-state index contributed by atoms with van der Waals surface area (Å²) < 4.78 is 0. The zero-order valence-corrected chi connectivity index (χ0v) is 8.61. The second kappa shape index (κ2) is 4.54. The minimum absolute atomic E-state index is 0.865. The summed E-state index contributed by atoms with van der Waals surface area (Å²) in [5.74, 6) is 0. The maximum atomic E-state index is 4.45. The van der Waals surface area contributed by atoms with E-state index in [0.29, 0.717) is 0 Å². The van der Waals surface area contributed by atoms with Gasteiger partial charge in [-0.25, -0.2) is 4.98 Å². The van der Waals surface area contributed by atoms with Gasteiger partial charge in [0, 0.05) is 18.5 Å². The lowest BCUT2D eigenvalue weighted by Gasteiger charge is -2.04. The third-order valence-electron chi connectivity index (χ3n) is 1.41. The Morgan fingerprint density at radius 3 is 2.92 bits per heavy atom. The first-order chi connectivity index (χ1) is 5.72. The van der Waals surface area contributed by atoms with Crippen molar-refractivity contribution in [2.45, 2.75) is 13.1 Å². The van der Waals surface area contributed by atoms with Crippen molar-refractivity contribution in [1.29, 1.82) is 0 Å². The van der Waals surface area contributed by atoms with Crippen LogP contribution in [0.4, 0.5) is 0 Å². The second-order valence-electron chi connectivity index (χ2n) is 3.00. The quantitative estimate of drug-likeness (QED) is 0.756. The molecular weight excluding hydrogens is 170 g/mol. The molecule has 0 saturated carbocycles. The molecule has 0 aliphatic rings. The maximum Gasteiger partial charge on any atom is 0.107 e. The molecule has 1 aromatic rings. The van der Waals surface area contributed by atoms with Gasteiger partial charge in [-0.3, -0.25) is 0 Å². The standard InChI is InChI=1S/C8H15N3S/c1-9-4-7-6-12-8(10-7)5-11(2)3/h6,9H,4-5H2,1-3H3. The highest BCUT2D eigenvalue weighted by Gasteiger charge is 2.01. The average molecular weight is 185 g/mol. The Hall–Kier alpha value is -0.450. The predicted molar refractivity (Wildman–Crippen MR) is 52.3 cm³/mol. The van der Waals surface area contributed by atoms with Gasteiger partial charge in [0.25, 0.3) is 0 Å². The molecule has 4 heteroatoms. The minimum Gasteiger partial charge on any atom is -0.314 e. The van der Waals surface area contributed by atoms with Crippen molar-refractivity contribution in [2.24, 2.45) is 0 Å². The van der Waals surface area contributed by atoms with Gasteiger partial charge in [-0.2, -0.15) is 0 Å². The average Bonchev–Trinajstić information content (AvgIpc) is 2.36. The number of hydrogen-bond acceptors (Lipinski definition) is 4. The van der Waals surface area contributed by atoms with Gasteiger partial charge in [0.15, 0.2) is 0 Å². The van der Waals surface area contributed by atoms with Gasteiger partial charge in [-0.15, -0.1) is 11.3 Å². The van der Waals surface area contributed by atoms with Crippen LogP contribution < -0.4 is 5.32 Å². The van der Waals surface area contributed by atoms with E-state index in [-0.39, 0.29) is 0 Å². The number of rotatable bonds is 4. The van der Waals surface area contributed by atoms with Crippen LogP contribution in [0.1, 0.15) is 10.7 Å². The van der Waals surface area contributed by atoms with Crippen LogP contribution in [0.2, 0.25) is 0 Å². The fourth-order valence-electron chi connectivity index (χ4n) is 0.954. The van der Waals surface area contributed by atoms with E-state index in [1.165, 1.54) is 5.01 Å². The van der Waals surface area contributed by atoms with E-state index in [2.05, 4.69) is 34.7 Å². The van der Waals surface area contributed by atoms with E-state index in [4.69, 9.17) is 0 Å². The van der Waals surface area contributed by atoms with E-state index in [1.54, 1.807) is 11.3 Å². The number of aromatic nitrogens is 1. The summed E-state index contributed by atoms with van der Waals surface area (Å²) >= 11 is 1.73. The molecule has 0 unspecified atom stereocenters. The highest BCUT2D eigenvalue weighted by Crippen LogP contribution is 2.10. The first-order valence-electron chi connectivity index (χ1n) is 3.95. The molecule has 0 radical (unpaired) electrons. The zero-order chi connectivity index (χ0) is 8.97. The van der Waals surface area contributed by atoms with Crippen molar-refractivity contribution in [3.8, 4) is 0 Å². The fraction of sp³-hybridized carbons (Fsp3) is 0.625. The molecule has 0 fully saturated rings. The van der Waals surface area contributed by atoms with Crippen molar-refractivity contribution in [2.75, 3.05) is 21.1 Å². The largest absolute Gasteiger partial charge is 0.314 e. The Morgan fingerprint density at radius 2 is 2.33 bits per heavy atom. The summed E-state index contributed by atoms with van der Waals surface area (Å²) in [5, 5.41) is 6.37. The Kier molecular flexibility index (Phi) is 3.65. The molecule has 68 valence electrons. The minimum atomic E-state index is 0.865. The van der Waals surface area contributed by atoms with Crippen molar-refractivity contribution in [3.63, 3.8) is 0 Å². The number of nitrogens with zero attached hydrogens (tertiary/aromatic N) is 2. The Bertz CT molecular complexity index is 232. The van der Waals surface area contributed by atoms with Gasteiger partial charge in [0.05, 0.1) is 5.69 Å². The maximum absolute atomic E-state index is 4.45. The SMILES string of the molecule is CNCc1csc(CN(C)C)n1. The second-order valence-corrected chi connectivity index (χ2v) is 3.94. The molecule has 3 nitrogen and oxygen atoms in total. The topological polar surface area (TPSA) is 28.2 Å². The molecule has 1 N–H and O–H groups in total. The molecule has 1 rings (SSSR count). The predicted octanol–water partition coefficient (Wildman–Crippen LogP) is 0.924. The summed E-state index contributed by atoms with van der Waals surface area (Å²) in [6.07, 6.45) is 0. The first-order valence-corrected chi connectivity index (χ1v) is 4.83. The molecule has 1 aromatic heterocycles. The normalized spacial score (nSPS) is 11.0. The Labute approximate surface area is 77.4 Å². The van der Waals surface area contributed by atoms with Crippen LogP contribution >= 0.6 is 11.3 Å². The third-order valence-corrected chi connectivity index (χ3v) is 2.29. The fourth-order valence-corrected chi connectivity index (χ4v) is 1.87. The molecule has 0 aliphatic heterocycles. The lowest BCUT2D eigenvalue weighted by Crippen LogP contribution is -2.11. The lowest BCUT2D eigenvalue weighted by atomic mass is 10.5. The summed E-state index contributed by atoms with van der Waals surface area (Å²) in [6.45, 7) is 1.80. The van der Waals surface area contributed by atoms with E-state index in [9.17, 15) is 0 Å². The smallest absolute Gasteiger partial charge is 0.107 e. The molecular formula is C8H15N3S. The molecule has 12 heavy (non-hydrogen) atoms. The third kappa shape index (κ3) is 2.89. The molecule has 0 aliphatic carbocycles. The number of hydrogen-bond donors (Lipinski definition) is 1. The summed E-state index contributed by atoms with van der Waals surface area (Å²) in [4.78, 5) is 6.58. The monoisotopic (exact) mass is 185 g/mol. The molecule has 1 heterocycles. The van der Waals surface area contributed by atoms with Crippen molar-refractivity contribution in [1.82, 2.24) is 15.2 Å². The lowest BCUT2D eigenvalue weighted by molar-refractivity contribution is 0.401. The van der Waals surface area contributed by atoms with Crippen LogP contribution in [-0.4, -0.2) is 31.0 Å². The van der Waals surface area contributed by atoms with Gasteiger partial charge >= 0.3 is 0 Å². The molecule has 0 saturated heterocycles. The molecule has 0 bridgehead atoms. The molecule has 0 spiro atoms. The van der Waals surface area contributed by atoms with Crippen molar-refractivity contribution >= 4 is 11.3 Å². The molecule has 0 aromatic carbocycles. The van der Waals surface area contributed by atoms with E-state index in [1.807, 2.05) is 7.05 Å². The van der Waals surface area contributed by atoms with Gasteiger partial charge in [-0.05, 0) is 21.1 Å². The summed E-state index contributed by atoms with van der Waals surface area (Å²) in [5.41, 5.74) is 1.14. The molecule has 0 atom stereocenters. The van der Waals surface area contributed by atoms with Gasteiger partial charge < -0.3 is 10.2 Å². The highest BCUT2D eigenvalue weighted by atomic mass is 32.1. The van der Waals surface area contributed by atoms with Crippen LogP contribution in [0.25, 0.3) is 0 Å². The van der Waals surface area contributed by atoms with Crippen LogP contribution in [0.5, 0.6) is 0 Å². The number of nitrogens with one attached hydrogen (secondary N) is 1. The van der Waals surface area contributed by atoms with Crippen LogP contribution in [0.3, 0.4) is 0 Å². The van der Waals surface area contributed by atoms with E-state index in [0.717, 1.165) is 18.8 Å². The van der Waals surface area contributed by atoms with Crippen LogP contribution in [-0.2, 0) is 13.1 Å². The number of thiazole rings is 1.